The Bertz CT molecular complexity index is 1000. The predicted molar refractivity (Wildman–Crippen MR) is 126 cm³/mol. The smallest absolute Gasteiger partial charge is 0.242 e. The molecule has 0 fully saturated rings. The zero-order valence-corrected chi connectivity index (χ0v) is 19.2. The van der Waals surface area contributed by atoms with Crippen molar-refractivity contribution in [3.63, 3.8) is 0 Å². The van der Waals surface area contributed by atoms with Crippen molar-refractivity contribution in [3.8, 4) is 0 Å². The lowest BCUT2D eigenvalue weighted by atomic mass is 10.1. The molecule has 6 heteroatoms. The van der Waals surface area contributed by atoms with Gasteiger partial charge in [0.2, 0.25) is 11.8 Å². The van der Waals surface area contributed by atoms with E-state index in [1.807, 2.05) is 50.2 Å². The summed E-state index contributed by atoms with van der Waals surface area (Å²) in [6.07, 6.45) is 2.43. The Balaban J connectivity index is 1.70. The lowest BCUT2D eigenvalue weighted by Gasteiger charge is -2.28. The lowest BCUT2D eigenvalue weighted by Crippen LogP contribution is -2.45. The normalized spacial score (nSPS) is 10.9. The molecule has 0 atom stereocenters. The van der Waals surface area contributed by atoms with Crippen LogP contribution in [0.3, 0.4) is 0 Å². The van der Waals surface area contributed by atoms with E-state index in [0.29, 0.717) is 31.8 Å². The molecular weight excluding hydrogens is 419 g/mol. The molecule has 174 valence electrons. The number of carbonyl (C=O) groups excluding carboxylic acids is 2. The molecular formula is C27H31FN2O3. The van der Waals surface area contributed by atoms with Gasteiger partial charge >= 0.3 is 0 Å². The lowest BCUT2D eigenvalue weighted by molar-refractivity contribution is -0.141. The Morgan fingerprint density at radius 2 is 1.61 bits per heavy atom. The fraction of sp³-hybridized carbons (Fsp3) is 0.333. The quantitative estimate of drug-likeness (QED) is 0.425. The van der Waals surface area contributed by atoms with E-state index in [9.17, 15) is 14.0 Å². The van der Waals surface area contributed by atoms with Gasteiger partial charge in [0.25, 0.3) is 0 Å². The number of furan rings is 1. The molecule has 3 rings (SSSR count). The van der Waals surface area contributed by atoms with Crippen LogP contribution in [0.1, 0.15) is 30.7 Å². The van der Waals surface area contributed by atoms with E-state index < -0.39 is 0 Å². The fourth-order valence-electron chi connectivity index (χ4n) is 3.64. The van der Waals surface area contributed by atoms with Gasteiger partial charge in [0.1, 0.15) is 11.6 Å². The molecule has 3 aromatic rings. The van der Waals surface area contributed by atoms with Crippen LogP contribution in [-0.2, 0) is 29.0 Å². The number of carbonyl (C=O) groups is 2. The van der Waals surface area contributed by atoms with Gasteiger partial charge in [-0.1, -0.05) is 56.3 Å². The monoisotopic (exact) mass is 450 g/mol. The second kappa shape index (κ2) is 12.0. The van der Waals surface area contributed by atoms with Crippen LogP contribution in [0.15, 0.2) is 77.4 Å². The largest absolute Gasteiger partial charge is 0.467 e. The van der Waals surface area contributed by atoms with Crippen LogP contribution in [0.5, 0.6) is 0 Å². The van der Waals surface area contributed by atoms with Crippen LogP contribution in [0.2, 0.25) is 0 Å². The molecule has 1 heterocycles. The summed E-state index contributed by atoms with van der Waals surface area (Å²) in [5.74, 6) is 0.287. The highest BCUT2D eigenvalue weighted by Crippen LogP contribution is 2.12. The molecule has 0 aliphatic rings. The molecule has 0 aliphatic heterocycles. The Morgan fingerprint density at radius 3 is 2.24 bits per heavy atom. The van der Waals surface area contributed by atoms with Crippen LogP contribution in [0, 0.1) is 11.7 Å². The molecule has 0 radical (unpaired) electrons. The maximum Gasteiger partial charge on any atom is 0.242 e. The van der Waals surface area contributed by atoms with Crippen molar-refractivity contribution < 1.29 is 18.4 Å². The van der Waals surface area contributed by atoms with Crippen molar-refractivity contribution in [1.82, 2.24) is 9.80 Å². The summed E-state index contributed by atoms with van der Waals surface area (Å²) in [5.41, 5.74) is 1.86. The molecule has 0 aliphatic carbocycles. The van der Waals surface area contributed by atoms with E-state index in [4.69, 9.17) is 4.42 Å². The number of benzene rings is 2. The summed E-state index contributed by atoms with van der Waals surface area (Å²) in [7, 11) is 0. The highest BCUT2D eigenvalue weighted by Gasteiger charge is 2.23. The van der Waals surface area contributed by atoms with Gasteiger partial charge < -0.3 is 14.2 Å². The second-order valence-corrected chi connectivity index (χ2v) is 8.60. The van der Waals surface area contributed by atoms with Gasteiger partial charge in [0.15, 0.2) is 0 Å². The van der Waals surface area contributed by atoms with Crippen LogP contribution >= 0.6 is 0 Å². The van der Waals surface area contributed by atoms with Crippen LogP contribution in [0.4, 0.5) is 4.39 Å². The SMILES string of the molecule is CC(C)CN(CC(=O)N(CCc1ccccc1)Cc1ccco1)C(=O)Cc1ccc(F)cc1. The molecule has 5 nitrogen and oxygen atoms in total. The second-order valence-electron chi connectivity index (χ2n) is 8.60. The summed E-state index contributed by atoms with van der Waals surface area (Å²) in [5, 5.41) is 0. The highest BCUT2D eigenvalue weighted by atomic mass is 19.1. The van der Waals surface area contributed by atoms with Gasteiger partial charge in [0.05, 0.1) is 25.8 Å². The van der Waals surface area contributed by atoms with Crippen molar-refractivity contribution in [2.24, 2.45) is 5.92 Å². The Kier molecular flexibility index (Phi) is 8.81. The zero-order chi connectivity index (χ0) is 23.6. The third-order valence-electron chi connectivity index (χ3n) is 5.33. The Labute approximate surface area is 194 Å². The maximum absolute atomic E-state index is 13.3. The Morgan fingerprint density at radius 1 is 0.879 bits per heavy atom. The van der Waals surface area contributed by atoms with Crippen molar-refractivity contribution in [1.29, 1.82) is 0 Å². The fourth-order valence-corrected chi connectivity index (χ4v) is 3.64. The number of halogens is 1. The van der Waals surface area contributed by atoms with Crippen molar-refractivity contribution in [2.45, 2.75) is 33.2 Å². The van der Waals surface area contributed by atoms with E-state index in [0.717, 1.165) is 11.1 Å². The standard InChI is InChI=1S/C27H31FN2O3/c1-21(2)18-30(26(31)17-23-10-12-24(28)13-11-23)20-27(32)29(19-25-9-6-16-33-25)15-14-22-7-4-3-5-8-22/h3-13,16,21H,14-15,17-20H2,1-2H3. The van der Waals surface area contributed by atoms with Crippen molar-refractivity contribution >= 4 is 11.8 Å². The summed E-state index contributed by atoms with van der Waals surface area (Å²) in [6.45, 7) is 5.36. The summed E-state index contributed by atoms with van der Waals surface area (Å²) in [6, 6.07) is 19.5. The summed E-state index contributed by atoms with van der Waals surface area (Å²) >= 11 is 0. The summed E-state index contributed by atoms with van der Waals surface area (Å²) in [4.78, 5) is 29.7. The predicted octanol–water partition coefficient (Wildman–Crippen LogP) is 4.72. The third-order valence-corrected chi connectivity index (χ3v) is 5.33. The van der Waals surface area contributed by atoms with Gasteiger partial charge in [-0.25, -0.2) is 4.39 Å². The third kappa shape index (κ3) is 7.90. The molecule has 0 unspecified atom stereocenters. The average Bonchev–Trinajstić information content (AvgIpc) is 3.31. The van der Waals surface area contributed by atoms with Crippen LogP contribution in [0.25, 0.3) is 0 Å². The molecule has 0 N–H and O–H groups in total. The minimum atomic E-state index is -0.340. The first kappa shape index (κ1) is 24.2. The molecule has 33 heavy (non-hydrogen) atoms. The van der Waals surface area contributed by atoms with Crippen molar-refractivity contribution in [3.05, 3.63) is 95.7 Å². The first-order valence-corrected chi connectivity index (χ1v) is 11.3. The molecule has 0 saturated heterocycles. The first-order valence-electron chi connectivity index (χ1n) is 11.3. The van der Waals surface area contributed by atoms with E-state index >= 15 is 0 Å². The van der Waals surface area contributed by atoms with Crippen LogP contribution in [-0.4, -0.2) is 41.2 Å². The number of amides is 2. The van der Waals surface area contributed by atoms with Crippen molar-refractivity contribution in [2.75, 3.05) is 19.6 Å². The minimum absolute atomic E-state index is 0.00624. The first-order chi connectivity index (χ1) is 15.9. The highest BCUT2D eigenvalue weighted by molar-refractivity contribution is 5.86. The molecule has 0 bridgehead atoms. The van der Waals surface area contributed by atoms with Gasteiger partial charge in [0, 0.05) is 13.1 Å². The van der Waals surface area contributed by atoms with Gasteiger partial charge in [-0.05, 0) is 47.7 Å². The molecule has 0 saturated carbocycles. The molecule has 1 aromatic heterocycles. The van der Waals surface area contributed by atoms with Gasteiger partial charge in [-0.3, -0.25) is 9.59 Å². The number of nitrogens with zero attached hydrogens (tertiary/aromatic N) is 2. The topological polar surface area (TPSA) is 53.8 Å². The van der Waals surface area contributed by atoms with Gasteiger partial charge in [-0.15, -0.1) is 0 Å². The zero-order valence-electron chi connectivity index (χ0n) is 19.2. The molecule has 2 aromatic carbocycles. The van der Waals surface area contributed by atoms with E-state index in [2.05, 4.69) is 0 Å². The van der Waals surface area contributed by atoms with E-state index in [1.54, 1.807) is 34.3 Å². The number of hydrogen-bond acceptors (Lipinski definition) is 3. The molecule has 0 spiro atoms. The maximum atomic E-state index is 13.3. The average molecular weight is 451 g/mol. The van der Waals surface area contributed by atoms with E-state index in [-0.39, 0.29) is 36.5 Å². The Hall–Kier alpha value is -3.41. The van der Waals surface area contributed by atoms with Gasteiger partial charge in [-0.2, -0.15) is 0 Å². The molecule has 2 amide bonds. The van der Waals surface area contributed by atoms with Crippen LogP contribution < -0.4 is 0 Å². The number of rotatable bonds is 11. The minimum Gasteiger partial charge on any atom is -0.467 e. The van der Waals surface area contributed by atoms with E-state index in [1.165, 1.54) is 12.1 Å². The summed E-state index contributed by atoms with van der Waals surface area (Å²) < 4.78 is 18.7. The number of hydrogen-bond donors (Lipinski definition) is 0.